The van der Waals surface area contributed by atoms with E-state index in [1.165, 1.54) is 13.8 Å². The van der Waals surface area contributed by atoms with Gasteiger partial charge in [0.2, 0.25) is 0 Å². The zero-order chi connectivity index (χ0) is 17.9. The number of hydrogen-bond acceptors (Lipinski definition) is 6. The molecule has 1 aliphatic rings. The zero-order valence-corrected chi connectivity index (χ0v) is 14.4. The molecule has 0 aliphatic carbocycles. The highest BCUT2D eigenvalue weighted by molar-refractivity contribution is 5.67. The molecule has 24 heavy (non-hydrogen) atoms. The van der Waals surface area contributed by atoms with E-state index >= 15 is 0 Å². The van der Waals surface area contributed by atoms with Gasteiger partial charge < -0.3 is 19.3 Å². The molecule has 6 heteroatoms. The van der Waals surface area contributed by atoms with Gasteiger partial charge in [0.25, 0.3) is 0 Å². The number of esters is 2. The van der Waals surface area contributed by atoms with Crippen LogP contribution in [0.3, 0.4) is 0 Å². The van der Waals surface area contributed by atoms with Crippen LogP contribution in [-0.4, -0.2) is 35.4 Å². The molecule has 0 amide bonds. The fourth-order valence-corrected chi connectivity index (χ4v) is 3.20. The number of benzene rings is 1. The van der Waals surface area contributed by atoms with Crippen LogP contribution in [0.1, 0.15) is 45.8 Å². The van der Waals surface area contributed by atoms with Crippen LogP contribution in [0, 0.1) is 5.92 Å². The third-order valence-corrected chi connectivity index (χ3v) is 4.25. The lowest BCUT2D eigenvalue weighted by atomic mass is 9.84. The molecule has 0 saturated carbocycles. The normalized spacial score (nSPS) is 29.8. The van der Waals surface area contributed by atoms with E-state index in [1.807, 2.05) is 13.8 Å². The molecule has 2 rings (SSSR count). The van der Waals surface area contributed by atoms with Crippen molar-refractivity contribution in [1.29, 1.82) is 0 Å². The van der Waals surface area contributed by atoms with Crippen molar-refractivity contribution in [2.45, 2.75) is 58.5 Å². The number of carbonyl (C=O) groups excluding carboxylic acids is 2. The Morgan fingerprint density at radius 2 is 1.79 bits per heavy atom. The monoisotopic (exact) mass is 336 g/mol. The molecule has 1 aromatic rings. The van der Waals surface area contributed by atoms with Crippen molar-refractivity contribution in [3.05, 3.63) is 29.8 Å². The first-order valence-electron chi connectivity index (χ1n) is 8.12. The maximum atomic E-state index is 11.6. The molecule has 1 aliphatic heterocycles. The van der Waals surface area contributed by atoms with Gasteiger partial charge in [-0.2, -0.15) is 0 Å². The van der Waals surface area contributed by atoms with Crippen LogP contribution >= 0.6 is 0 Å². The highest BCUT2D eigenvalue weighted by atomic mass is 16.6. The van der Waals surface area contributed by atoms with E-state index in [4.69, 9.17) is 14.2 Å². The van der Waals surface area contributed by atoms with Crippen LogP contribution in [0.15, 0.2) is 24.3 Å². The molecule has 0 radical (unpaired) electrons. The van der Waals surface area contributed by atoms with E-state index < -0.39 is 30.3 Å². The molecule has 5 atom stereocenters. The summed E-state index contributed by atoms with van der Waals surface area (Å²) in [5.74, 6) is -0.950. The Bertz CT molecular complexity index is 599. The van der Waals surface area contributed by atoms with Gasteiger partial charge in [0, 0.05) is 19.8 Å². The smallest absolute Gasteiger partial charge is 0.303 e. The molecule has 132 valence electrons. The Hall–Kier alpha value is -2.08. The third-order valence-electron chi connectivity index (χ3n) is 4.25. The van der Waals surface area contributed by atoms with Crippen LogP contribution in [0.4, 0.5) is 0 Å². The predicted molar refractivity (Wildman–Crippen MR) is 86.3 cm³/mol. The molecule has 0 bridgehead atoms. The number of phenolic OH excluding ortho intramolecular Hbond substituents is 1. The first kappa shape index (κ1) is 18.3. The number of aromatic hydroxyl groups is 1. The van der Waals surface area contributed by atoms with Gasteiger partial charge in [-0.05, 0) is 24.1 Å². The molecule has 0 spiro atoms. The largest absolute Gasteiger partial charge is 0.508 e. The molecule has 1 N–H and O–H groups in total. The molecule has 1 aromatic carbocycles. The molecule has 0 unspecified atom stereocenters. The number of carbonyl (C=O) groups is 2. The second kappa shape index (κ2) is 7.66. The highest BCUT2D eigenvalue weighted by Gasteiger charge is 2.47. The lowest BCUT2D eigenvalue weighted by Gasteiger charge is -2.44. The number of hydrogen-bond donors (Lipinski definition) is 1. The van der Waals surface area contributed by atoms with E-state index in [0.717, 1.165) is 6.42 Å². The average Bonchev–Trinajstić information content (AvgIpc) is 2.50. The SMILES string of the molecule is CC[C@H]1O[C@H](c2cccc(O)c2)[C@@H](OC(C)=O)[C@@H](OC(C)=O)[C@@H]1C. The summed E-state index contributed by atoms with van der Waals surface area (Å²) < 4.78 is 17.1. The van der Waals surface area contributed by atoms with Crippen LogP contribution in [-0.2, 0) is 23.8 Å². The predicted octanol–water partition coefficient (Wildman–Crippen LogP) is 2.74. The quantitative estimate of drug-likeness (QED) is 0.852. The Balaban J connectivity index is 2.43. The number of ether oxygens (including phenoxy) is 3. The minimum Gasteiger partial charge on any atom is -0.508 e. The minimum atomic E-state index is -0.772. The summed E-state index contributed by atoms with van der Waals surface area (Å²) in [6.07, 6.45) is -1.44. The summed E-state index contributed by atoms with van der Waals surface area (Å²) in [6.45, 7) is 6.53. The number of phenols is 1. The second-order valence-corrected chi connectivity index (χ2v) is 6.11. The van der Waals surface area contributed by atoms with Crippen LogP contribution in [0.2, 0.25) is 0 Å². The van der Waals surface area contributed by atoms with Crippen molar-refractivity contribution in [3.63, 3.8) is 0 Å². The van der Waals surface area contributed by atoms with Gasteiger partial charge in [-0.1, -0.05) is 26.0 Å². The van der Waals surface area contributed by atoms with E-state index in [1.54, 1.807) is 24.3 Å². The maximum Gasteiger partial charge on any atom is 0.303 e. The fourth-order valence-electron chi connectivity index (χ4n) is 3.20. The van der Waals surface area contributed by atoms with Crippen molar-refractivity contribution < 1.29 is 28.9 Å². The topological polar surface area (TPSA) is 82.1 Å². The van der Waals surface area contributed by atoms with Gasteiger partial charge in [0.1, 0.15) is 18.0 Å². The van der Waals surface area contributed by atoms with Crippen molar-refractivity contribution in [2.24, 2.45) is 5.92 Å². The molecule has 0 aromatic heterocycles. The Kier molecular flexibility index (Phi) is 5.83. The van der Waals surface area contributed by atoms with Crippen molar-refractivity contribution in [1.82, 2.24) is 0 Å². The molecular weight excluding hydrogens is 312 g/mol. The lowest BCUT2D eigenvalue weighted by Crippen LogP contribution is -2.52. The summed E-state index contributed by atoms with van der Waals surface area (Å²) in [6, 6.07) is 6.60. The maximum absolute atomic E-state index is 11.6. The molecule has 1 fully saturated rings. The van der Waals surface area contributed by atoms with Gasteiger partial charge in [-0.3, -0.25) is 9.59 Å². The number of rotatable bonds is 4. The summed E-state index contributed by atoms with van der Waals surface area (Å²) in [5, 5.41) is 9.75. The molecule has 1 saturated heterocycles. The van der Waals surface area contributed by atoms with E-state index in [0.29, 0.717) is 5.56 Å². The Morgan fingerprint density at radius 3 is 2.33 bits per heavy atom. The fraction of sp³-hybridized carbons (Fsp3) is 0.556. The van der Waals surface area contributed by atoms with E-state index in [9.17, 15) is 14.7 Å². The summed E-state index contributed by atoms with van der Waals surface area (Å²) in [4.78, 5) is 23.1. The zero-order valence-electron chi connectivity index (χ0n) is 14.4. The van der Waals surface area contributed by atoms with Gasteiger partial charge in [-0.15, -0.1) is 0 Å². The molecule has 6 nitrogen and oxygen atoms in total. The van der Waals surface area contributed by atoms with E-state index in [-0.39, 0.29) is 17.8 Å². The highest BCUT2D eigenvalue weighted by Crippen LogP contribution is 2.40. The summed E-state index contributed by atoms with van der Waals surface area (Å²) in [7, 11) is 0. The Morgan fingerprint density at radius 1 is 1.17 bits per heavy atom. The van der Waals surface area contributed by atoms with Crippen LogP contribution < -0.4 is 0 Å². The first-order valence-corrected chi connectivity index (χ1v) is 8.12. The summed E-state index contributed by atoms with van der Waals surface area (Å²) in [5.41, 5.74) is 0.670. The van der Waals surface area contributed by atoms with E-state index in [2.05, 4.69) is 0 Å². The van der Waals surface area contributed by atoms with Gasteiger partial charge >= 0.3 is 11.9 Å². The average molecular weight is 336 g/mol. The lowest BCUT2D eigenvalue weighted by molar-refractivity contribution is -0.225. The minimum absolute atomic E-state index is 0.0911. The Labute approximate surface area is 141 Å². The van der Waals surface area contributed by atoms with Gasteiger partial charge in [0.15, 0.2) is 6.10 Å². The molecular formula is C18H24O6. The van der Waals surface area contributed by atoms with Crippen molar-refractivity contribution >= 4 is 11.9 Å². The van der Waals surface area contributed by atoms with Crippen molar-refractivity contribution in [2.75, 3.05) is 0 Å². The second-order valence-electron chi connectivity index (χ2n) is 6.11. The summed E-state index contributed by atoms with van der Waals surface area (Å²) >= 11 is 0. The molecule has 1 heterocycles. The van der Waals surface area contributed by atoms with Gasteiger partial charge in [-0.25, -0.2) is 0 Å². The van der Waals surface area contributed by atoms with Crippen molar-refractivity contribution in [3.8, 4) is 5.75 Å². The third kappa shape index (κ3) is 4.06. The van der Waals surface area contributed by atoms with Crippen LogP contribution in [0.5, 0.6) is 5.75 Å². The first-order chi connectivity index (χ1) is 11.3. The van der Waals surface area contributed by atoms with Gasteiger partial charge in [0.05, 0.1) is 6.10 Å². The standard InChI is InChI=1S/C18H24O6/c1-5-15-10(2)16(22-11(3)19)18(23-12(4)20)17(24-15)13-7-6-8-14(21)9-13/h6-10,15-18,21H,5H2,1-4H3/t10-,15-,16+,17-,18+/m1/s1. The van der Waals surface area contributed by atoms with Crippen LogP contribution in [0.25, 0.3) is 0 Å².